The Bertz CT molecular complexity index is 591. The number of hydrogen-bond donors (Lipinski definition) is 1. The number of fused-ring (bicyclic) bond motifs is 1. The first-order valence-corrected chi connectivity index (χ1v) is 7.65. The minimum Gasteiger partial charge on any atom is -0.330 e. The SMILES string of the molecule is CC(C)N1CCC(CN)C1c1ccc2ccccc2c1. The van der Waals surface area contributed by atoms with E-state index in [4.69, 9.17) is 5.73 Å². The maximum atomic E-state index is 6.01. The maximum Gasteiger partial charge on any atom is 0.0391 e. The average molecular weight is 268 g/mol. The van der Waals surface area contributed by atoms with Crippen LogP contribution >= 0.6 is 0 Å². The predicted molar refractivity (Wildman–Crippen MR) is 85.7 cm³/mol. The molecule has 106 valence electrons. The highest BCUT2D eigenvalue weighted by Gasteiger charge is 2.35. The van der Waals surface area contributed by atoms with Crippen LogP contribution in [0.1, 0.15) is 31.9 Å². The van der Waals surface area contributed by atoms with Crippen LogP contribution in [-0.2, 0) is 0 Å². The fraction of sp³-hybridized carbons (Fsp3) is 0.444. The highest BCUT2D eigenvalue weighted by molar-refractivity contribution is 5.83. The first-order valence-electron chi connectivity index (χ1n) is 7.65. The van der Waals surface area contributed by atoms with Gasteiger partial charge < -0.3 is 5.73 Å². The molecule has 3 rings (SSSR count). The molecular weight excluding hydrogens is 244 g/mol. The second-order valence-electron chi connectivity index (χ2n) is 6.17. The Balaban J connectivity index is 2.02. The van der Waals surface area contributed by atoms with Crippen LogP contribution in [0.2, 0.25) is 0 Å². The van der Waals surface area contributed by atoms with E-state index in [-0.39, 0.29) is 0 Å². The van der Waals surface area contributed by atoms with Crippen LogP contribution in [0.3, 0.4) is 0 Å². The Hall–Kier alpha value is -1.38. The monoisotopic (exact) mass is 268 g/mol. The summed E-state index contributed by atoms with van der Waals surface area (Å²) in [5, 5.41) is 2.64. The summed E-state index contributed by atoms with van der Waals surface area (Å²) in [7, 11) is 0. The molecule has 0 aromatic heterocycles. The van der Waals surface area contributed by atoms with Gasteiger partial charge in [-0.3, -0.25) is 4.90 Å². The zero-order valence-corrected chi connectivity index (χ0v) is 12.4. The molecule has 1 saturated heterocycles. The Kier molecular flexibility index (Phi) is 3.77. The second-order valence-corrected chi connectivity index (χ2v) is 6.17. The van der Waals surface area contributed by atoms with Crippen molar-refractivity contribution in [3.63, 3.8) is 0 Å². The van der Waals surface area contributed by atoms with E-state index in [9.17, 15) is 0 Å². The number of nitrogens with two attached hydrogens (primary N) is 1. The van der Waals surface area contributed by atoms with Crippen molar-refractivity contribution in [2.75, 3.05) is 13.1 Å². The zero-order valence-electron chi connectivity index (χ0n) is 12.4. The number of likely N-dealkylation sites (tertiary alicyclic amines) is 1. The average Bonchev–Trinajstić information content (AvgIpc) is 2.90. The largest absolute Gasteiger partial charge is 0.330 e. The third-order valence-corrected chi connectivity index (χ3v) is 4.64. The van der Waals surface area contributed by atoms with E-state index in [0.29, 0.717) is 18.0 Å². The molecule has 1 aliphatic heterocycles. The van der Waals surface area contributed by atoms with Gasteiger partial charge in [0, 0.05) is 12.1 Å². The minimum absolute atomic E-state index is 0.476. The predicted octanol–water partition coefficient (Wildman–Crippen LogP) is 3.57. The summed E-state index contributed by atoms with van der Waals surface area (Å²) >= 11 is 0. The first-order chi connectivity index (χ1) is 9.70. The summed E-state index contributed by atoms with van der Waals surface area (Å²) in [6, 6.07) is 16.5. The van der Waals surface area contributed by atoms with Gasteiger partial charge in [0.15, 0.2) is 0 Å². The molecule has 0 radical (unpaired) electrons. The van der Waals surface area contributed by atoms with Crippen LogP contribution in [0.25, 0.3) is 10.8 Å². The van der Waals surface area contributed by atoms with Gasteiger partial charge in [-0.05, 0) is 61.7 Å². The summed E-state index contributed by atoms with van der Waals surface area (Å²) in [5.74, 6) is 0.582. The van der Waals surface area contributed by atoms with Crippen LogP contribution < -0.4 is 5.73 Å². The van der Waals surface area contributed by atoms with E-state index < -0.39 is 0 Å². The molecule has 1 heterocycles. The fourth-order valence-corrected chi connectivity index (χ4v) is 3.56. The van der Waals surface area contributed by atoms with Crippen molar-refractivity contribution < 1.29 is 0 Å². The van der Waals surface area contributed by atoms with Crippen molar-refractivity contribution in [1.82, 2.24) is 4.90 Å². The van der Waals surface area contributed by atoms with Crippen molar-refractivity contribution >= 4 is 10.8 Å². The number of benzene rings is 2. The van der Waals surface area contributed by atoms with E-state index in [2.05, 4.69) is 61.2 Å². The number of rotatable bonds is 3. The normalized spacial score (nSPS) is 23.8. The van der Waals surface area contributed by atoms with Gasteiger partial charge in [0.1, 0.15) is 0 Å². The Morgan fingerprint density at radius 3 is 2.60 bits per heavy atom. The summed E-state index contributed by atoms with van der Waals surface area (Å²) in [4.78, 5) is 2.60. The Labute approximate surface area is 121 Å². The van der Waals surface area contributed by atoms with E-state index >= 15 is 0 Å². The van der Waals surface area contributed by atoms with Crippen molar-refractivity contribution in [2.24, 2.45) is 11.7 Å². The minimum atomic E-state index is 0.476. The molecule has 2 aromatic carbocycles. The molecule has 2 heteroatoms. The van der Waals surface area contributed by atoms with Crippen LogP contribution in [-0.4, -0.2) is 24.0 Å². The van der Waals surface area contributed by atoms with Gasteiger partial charge in [0.2, 0.25) is 0 Å². The summed E-state index contributed by atoms with van der Waals surface area (Å²) in [6.45, 7) is 6.51. The number of nitrogens with zero attached hydrogens (tertiary/aromatic N) is 1. The molecule has 0 bridgehead atoms. The van der Waals surface area contributed by atoms with E-state index in [1.54, 1.807) is 0 Å². The van der Waals surface area contributed by atoms with Crippen LogP contribution in [0.5, 0.6) is 0 Å². The molecule has 0 saturated carbocycles. The summed E-state index contributed by atoms with van der Waals surface area (Å²) in [5.41, 5.74) is 7.43. The molecule has 2 atom stereocenters. The summed E-state index contributed by atoms with van der Waals surface area (Å²) < 4.78 is 0. The lowest BCUT2D eigenvalue weighted by Crippen LogP contribution is -2.33. The smallest absolute Gasteiger partial charge is 0.0391 e. The molecule has 2 N–H and O–H groups in total. The molecule has 2 unspecified atom stereocenters. The zero-order chi connectivity index (χ0) is 14.1. The third-order valence-electron chi connectivity index (χ3n) is 4.64. The van der Waals surface area contributed by atoms with Gasteiger partial charge in [-0.15, -0.1) is 0 Å². The van der Waals surface area contributed by atoms with Gasteiger partial charge in [-0.25, -0.2) is 0 Å². The van der Waals surface area contributed by atoms with Gasteiger partial charge in [-0.2, -0.15) is 0 Å². The Morgan fingerprint density at radius 1 is 1.15 bits per heavy atom. The highest BCUT2D eigenvalue weighted by Crippen LogP contribution is 2.38. The van der Waals surface area contributed by atoms with E-state index in [1.165, 1.54) is 22.8 Å². The standard InChI is InChI=1S/C18H24N2/c1-13(2)20-10-9-17(12-19)18(20)16-8-7-14-5-3-4-6-15(14)11-16/h3-8,11,13,17-18H,9-10,12,19H2,1-2H3. The van der Waals surface area contributed by atoms with Crippen molar-refractivity contribution in [1.29, 1.82) is 0 Å². The molecule has 0 spiro atoms. The van der Waals surface area contributed by atoms with E-state index in [0.717, 1.165) is 13.1 Å². The third kappa shape index (κ3) is 2.34. The molecule has 0 amide bonds. The van der Waals surface area contributed by atoms with Gasteiger partial charge in [0.25, 0.3) is 0 Å². The molecule has 0 aliphatic carbocycles. The second kappa shape index (κ2) is 5.55. The molecule has 1 fully saturated rings. The van der Waals surface area contributed by atoms with Crippen molar-refractivity contribution in [3.8, 4) is 0 Å². The Morgan fingerprint density at radius 2 is 1.90 bits per heavy atom. The topological polar surface area (TPSA) is 29.3 Å². The van der Waals surface area contributed by atoms with Gasteiger partial charge >= 0.3 is 0 Å². The molecule has 1 aliphatic rings. The lowest BCUT2D eigenvalue weighted by molar-refractivity contribution is 0.185. The molecular formula is C18H24N2. The number of hydrogen-bond acceptors (Lipinski definition) is 2. The van der Waals surface area contributed by atoms with Crippen molar-refractivity contribution in [2.45, 2.75) is 32.4 Å². The van der Waals surface area contributed by atoms with Gasteiger partial charge in [-0.1, -0.05) is 36.4 Å². The maximum absolute atomic E-state index is 6.01. The van der Waals surface area contributed by atoms with Gasteiger partial charge in [0.05, 0.1) is 0 Å². The lowest BCUT2D eigenvalue weighted by atomic mass is 9.92. The van der Waals surface area contributed by atoms with Crippen LogP contribution in [0.4, 0.5) is 0 Å². The van der Waals surface area contributed by atoms with Crippen molar-refractivity contribution in [3.05, 3.63) is 48.0 Å². The lowest BCUT2D eigenvalue weighted by Gasteiger charge is -2.31. The van der Waals surface area contributed by atoms with Crippen LogP contribution in [0, 0.1) is 5.92 Å². The summed E-state index contributed by atoms with van der Waals surface area (Å²) in [6.07, 6.45) is 1.21. The quantitative estimate of drug-likeness (QED) is 0.922. The molecule has 2 aromatic rings. The van der Waals surface area contributed by atoms with Crippen LogP contribution in [0.15, 0.2) is 42.5 Å². The molecule has 2 nitrogen and oxygen atoms in total. The highest BCUT2D eigenvalue weighted by atomic mass is 15.2. The first kappa shape index (κ1) is 13.6. The van der Waals surface area contributed by atoms with E-state index in [1.807, 2.05) is 0 Å². The molecule has 20 heavy (non-hydrogen) atoms. The fourth-order valence-electron chi connectivity index (χ4n) is 3.56.